The number of carbonyl (C=O) groups is 1. The first-order chi connectivity index (χ1) is 10.1. The van der Waals surface area contributed by atoms with Crippen LogP contribution in [0, 0.1) is 13.8 Å². The lowest BCUT2D eigenvalue weighted by atomic mass is 10.1. The number of carboxylic acids is 1. The highest BCUT2D eigenvalue weighted by Gasteiger charge is 2.02. The Morgan fingerprint density at radius 2 is 1.81 bits per heavy atom. The van der Waals surface area contributed by atoms with Crippen molar-refractivity contribution in [3.63, 3.8) is 0 Å². The Bertz CT molecular complexity index is 620. The number of carboxylic acid groups (broad SMARTS) is 1. The molecule has 0 aliphatic heterocycles. The number of hydrogen-bond donors (Lipinski definition) is 1. The quantitative estimate of drug-likeness (QED) is 0.642. The standard InChI is InChI=1S/C17H18O3S/c1-12-3-8-16(11-13(12)2)21-10-9-20-15-6-4-14(5-7-15)17(18)19/h3-8,11H,9-10H2,1-2H3,(H,18,19). The van der Waals surface area contributed by atoms with Crippen LogP contribution in [0.1, 0.15) is 21.5 Å². The van der Waals surface area contributed by atoms with Gasteiger partial charge >= 0.3 is 5.97 Å². The number of hydrogen-bond acceptors (Lipinski definition) is 3. The van der Waals surface area contributed by atoms with Crippen LogP contribution in [-0.4, -0.2) is 23.4 Å². The first-order valence-electron chi connectivity index (χ1n) is 6.72. The van der Waals surface area contributed by atoms with E-state index in [1.54, 1.807) is 36.0 Å². The zero-order chi connectivity index (χ0) is 15.2. The van der Waals surface area contributed by atoms with Gasteiger partial charge in [-0.1, -0.05) is 6.07 Å². The molecule has 0 amide bonds. The van der Waals surface area contributed by atoms with Gasteiger partial charge in [0.2, 0.25) is 0 Å². The summed E-state index contributed by atoms with van der Waals surface area (Å²) < 4.78 is 5.60. The molecule has 0 saturated carbocycles. The summed E-state index contributed by atoms with van der Waals surface area (Å²) in [5.74, 6) is 0.621. The lowest BCUT2D eigenvalue weighted by molar-refractivity contribution is 0.0697. The predicted octanol–water partition coefficient (Wildman–Crippen LogP) is 4.17. The van der Waals surface area contributed by atoms with Crippen LogP contribution in [-0.2, 0) is 0 Å². The van der Waals surface area contributed by atoms with Crippen LogP contribution in [0.25, 0.3) is 0 Å². The van der Waals surface area contributed by atoms with Gasteiger partial charge in [0.05, 0.1) is 12.2 Å². The van der Waals surface area contributed by atoms with Crippen molar-refractivity contribution < 1.29 is 14.6 Å². The van der Waals surface area contributed by atoms with Crippen LogP contribution >= 0.6 is 11.8 Å². The summed E-state index contributed by atoms with van der Waals surface area (Å²) in [6.45, 7) is 4.80. The summed E-state index contributed by atoms with van der Waals surface area (Å²) in [6.07, 6.45) is 0. The van der Waals surface area contributed by atoms with Gasteiger partial charge in [-0.25, -0.2) is 4.79 Å². The van der Waals surface area contributed by atoms with Crippen LogP contribution in [0.15, 0.2) is 47.4 Å². The van der Waals surface area contributed by atoms with Crippen molar-refractivity contribution in [2.24, 2.45) is 0 Å². The molecule has 0 spiro atoms. The molecule has 21 heavy (non-hydrogen) atoms. The number of ether oxygens (including phenoxy) is 1. The fourth-order valence-corrected chi connectivity index (χ4v) is 2.64. The predicted molar refractivity (Wildman–Crippen MR) is 85.5 cm³/mol. The van der Waals surface area contributed by atoms with Gasteiger partial charge in [0, 0.05) is 10.6 Å². The van der Waals surface area contributed by atoms with Gasteiger partial charge in [-0.2, -0.15) is 0 Å². The van der Waals surface area contributed by atoms with E-state index in [1.165, 1.54) is 16.0 Å². The molecule has 0 atom stereocenters. The lowest BCUT2D eigenvalue weighted by Gasteiger charge is -2.07. The van der Waals surface area contributed by atoms with Crippen LogP contribution < -0.4 is 4.74 Å². The molecule has 0 bridgehead atoms. The second kappa shape index (κ2) is 7.18. The molecule has 0 heterocycles. The minimum absolute atomic E-state index is 0.270. The number of aryl methyl sites for hydroxylation is 2. The summed E-state index contributed by atoms with van der Waals surface area (Å²) in [5.41, 5.74) is 2.87. The maximum absolute atomic E-state index is 10.7. The van der Waals surface area contributed by atoms with Gasteiger partial charge in [0.25, 0.3) is 0 Å². The van der Waals surface area contributed by atoms with E-state index in [2.05, 4.69) is 32.0 Å². The topological polar surface area (TPSA) is 46.5 Å². The first kappa shape index (κ1) is 15.4. The van der Waals surface area contributed by atoms with Gasteiger partial charge < -0.3 is 9.84 Å². The van der Waals surface area contributed by atoms with Crippen molar-refractivity contribution in [3.8, 4) is 5.75 Å². The smallest absolute Gasteiger partial charge is 0.335 e. The Kier molecular flexibility index (Phi) is 5.28. The van der Waals surface area contributed by atoms with Crippen LogP contribution in [0.5, 0.6) is 5.75 Å². The molecule has 110 valence electrons. The van der Waals surface area contributed by atoms with Crippen molar-refractivity contribution in [1.29, 1.82) is 0 Å². The van der Waals surface area contributed by atoms with Crippen molar-refractivity contribution in [3.05, 3.63) is 59.2 Å². The molecule has 3 nitrogen and oxygen atoms in total. The average Bonchev–Trinajstić information content (AvgIpc) is 2.47. The molecular weight excluding hydrogens is 284 g/mol. The van der Waals surface area contributed by atoms with Crippen molar-refractivity contribution in [1.82, 2.24) is 0 Å². The Morgan fingerprint density at radius 1 is 1.10 bits per heavy atom. The van der Waals surface area contributed by atoms with E-state index < -0.39 is 5.97 Å². The van der Waals surface area contributed by atoms with E-state index in [9.17, 15) is 4.79 Å². The van der Waals surface area contributed by atoms with Crippen LogP contribution in [0.2, 0.25) is 0 Å². The fourth-order valence-electron chi connectivity index (χ4n) is 1.82. The number of thioether (sulfide) groups is 1. The lowest BCUT2D eigenvalue weighted by Crippen LogP contribution is -2.01. The monoisotopic (exact) mass is 302 g/mol. The molecule has 0 unspecified atom stereocenters. The van der Waals surface area contributed by atoms with E-state index in [4.69, 9.17) is 9.84 Å². The SMILES string of the molecule is Cc1ccc(SCCOc2ccc(C(=O)O)cc2)cc1C. The summed E-state index contributed by atoms with van der Waals surface area (Å²) >= 11 is 1.75. The minimum atomic E-state index is -0.924. The summed E-state index contributed by atoms with van der Waals surface area (Å²) in [6, 6.07) is 12.9. The van der Waals surface area contributed by atoms with Crippen molar-refractivity contribution in [2.75, 3.05) is 12.4 Å². The number of rotatable bonds is 6. The normalized spacial score (nSPS) is 10.4. The fraction of sp³-hybridized carbons (Fsp3) is 0.235. The molecule has 2 aromatic rings. The largest absolute Gasteiger partial charge is 0.493 e. The highest BCUT2D eigenvalue weighted by molar-refractivity contribution is 7.99. The summed E-state index contributed by atoms with van der Waals surface area (Å²) in [7, 11) is 0. The second-order valence-electron chi connectivity index (χ2n) is 4.77. The molecular formula is C17H18O3S. The zero-order valence-electron chi connectivity index (χ0n) is 12.1. The molecule has 2 aromatic carbocycles. The highest BCUT2D eigenvalue weighted by Crippen LogP contribution is 2.21. The summed E-state index contributed by atoms with van der Waals surface area (Å²) in [4.78, 5) is 12.0. The third kappa shape index (κ3) is 4.53. The van der Waals surface area contributed by atoms with Gasteiger partial charge in [-0.15, -0.1) is 11.8 Å². The van der Waals surface area contributed by atoms with E-state index >= 15 is 0 Å². The van der Waals surface area contributed by atoms with E-state index in [1.807, 2.05) is 0 Å². The van der Waals surface area contributed by atoms with Gasteiger partial charge in [-0.3, -0.25) is 0 Å². The van der Waals surface area contributed by atoms with E-state index in [-0.39, 0.29) is 5.56 Å². The highest BCUT2D eigenvalue weighted by atomic mass is 32.2. The molecule has 0 aromatic heterocycles. The Hall–Kier alpha value is -1.94. The first-order valence-corrected chi connectivity index (χ1v) is 7.71. The van der Waals surface area contributed by atoms with Crippen LogP contribution in [0.4, 0.5) is 0 Å². The molecule has 0 aliphatic rings. The third-order valence-corrected chi connectivity index (χ3v) is 4.16. The maximum Gasteiger partial charge on any atom is 0.335 e. The second-order valence-corrected chi connectivity index (χ2v) is 5.94. The molecule has 2 rings (SSSR count). The number of aromatic carboxylic acids is 1. The molecule has 4 heteroatoms. The Balaban J connectivity index is 1.79. The summed E-state index contributed by atoms with van der Waals surface area (Å²) in [5, 5.41) is 8.81. The third-order valence-electron chi connectivity index (χ3n) is 3.20. The molecule has 0 radical (unpaired) electrons. The van der Waals surface area contributed by atoms with Gasteiger partial charge in [-0.05, 0) is 61.4 Å². The minimum Gasteiger partial charge on any atom is -0.493 e. The van der Waals surface area contributed by atoms with Crippen LogP contribution in [0.3, 0.4) is 0 Å². The average molecular weight is 302 g/mol. The van der Waals surface area contributed by atoms with Crippen molar-refractivity contribution in [2.45, 2.75) is 18.7 Å². The van der Waals surface area contributed by atoms with Crippen molar-refractivity contribution >= 4 is 17.7 Å². The Morgan fingerprint density at radius 3 is 2.43 bits per heavy atom. The van der Waals surface area contributed by atoms with Gasteiger partial charge in [0.1, 0.15) is 5.75 Å². The van der Waals surface area contributed by atoms with E-state index in [0.29, 0.717) is 12.4 Å². The van der Waals surface area contributed by atoms with E-state index in [0.717, 1.165) is 5.75 Å². The molecule has 0 aliphatic carbocycles. The number of benzene rings is 2. The van der Waals surface area contributed by atoms with Gasteiger partial charge in [0.15, 0.2) is 0 Å². The maximum atomic E-state index is 10.7. The molecule has 0 fully saturated rings. The Labute approximate surface area is 129 Å². The molecule has 1 N–H and O–H groups in total. The molecule has 0 saturated heterocycles. The zero-order valence-corrected chi connectivity index (χ0v) is 12.9.